The zero-order chi connectivity index (χ0) is 29.1. The molecular formula is C35H32N2O5. The Labute approximate surface area is 244 Å². The molecule has 1 aliphatic rings. The smallest absolute Gasteiger partial charge is 0.407 e. The number of carbonyl (C=O) groups is 2. The minimum atomic E-state index is -1.19. The predicted molar refractivity (Wildman–Crippen MR) is 163 cm³/mol. The van der Waals surface area contributed by atoms with Gasteiger partial charge in [-0.1, -0.05) is 73.7 Å². The van der Waals surface area contributed by atoms with Gasteiger partial charge in [-0.15, -0.1) is 0 Å². The van der Waals surface area contributed by atoms with Gasteiger partial charge in [-0.25, -0.2) is 9.59 Å². The summed E-state index contributed by atoms with van der Waals surface area (Å²) in [7, 11) is 0. The molecule has 5 aromatic rings. The number of aromatic nitrogens is 1. The van der Waals surface area contributed by atoms with Crippen LogP contribution in [0.2, 0.25) is 0 Å². The monoisotopic (exact) mass is 560 g/mol. The number of ether oxygens (including phenoxy) is 2. The Balaban J connectivity index is 1.21. The van der Waals surface area contributed by atoms with Crippen LogP contribution in [0.25, 0.3) is 33.3 Å². The van der Waals surface area contributed by atoms with Crippen molar-refractivity contribution in [2.75, 3.05) is 13.2 Å². The fourth-order valence-electron chi connectivity index (χ4n) is 5.78. The number of carbonyl (C=O) groups excluding carboxylic acids is 1. The van der Waals surface area contributed by atoms with E-state index in [9.17, 15) is 14.7 Å². The summed E-state index contributed by atoms with van der Waals surface area (Å²) in [6.45, 7) is 2.80. The molecular weight excluding hydrogens is 528 g/mol. The van der Waals surface area contributed by atoms with E-state index in [1.54, 1.807) is 0 Å². The summed E-state index contributed by atoms with van der Waals surface area (Å²) >= 11 is 0. The summed E-state index contributed by atoms with van der Waals surface area (Å²) in [4.78, 5) is 28.8. The van der Waals surface area contributed by atoms with Crippen LogP contribution in [-0.2, 0) is 16.0 Å². The van der Waals surface area contributed by atoms with Crippen molar-refractivity contribution < 1.29 is 24.2 Å². The van der Waals surface area contributed by atoms with E-state index in [0.29, 0.717) is 6.61 Å². The molecule has 1 aromatic heterocycles. The number of hydrogen-bond donors (Lipinski definition) is 3. The molecule has 6 rings (SSSR count). The lowest BCUT2D eigenvalue weighted by Crippen LogP contribution is -2.43. The number of benzene rings is 4. The van der Waals surface area contributed by atoms with Crippen LogP contribution < -0.4 is 10.1 Å². The fourth-order valence-corrected chi connectivity index (χ4v) is 5.78. The number of alkyl carbamates (subject to hydrolysis) is 1. The molecule has 0 saturated heterocycles. The summed E-state index contributed by atoms with van der Waals surface area (Å²) in [5, 5.41) is 13.6. The number of rotatable bonds is 10. The molecule has 42 heavy (non-hydrogen) atoms. The first-order valence-electron chi connectivity index (χ1n) is 14.2. The molecule has 1 heterocycles. The highest BCUT2D eigenvalue weighted by atomic mass is 16.5. The number of H-pyrrole nitrogens is 1. The van der Waals surface area contributed by atoms with Crippen molar-refractivity contribution in [3.8, 4) is 28.1 Å². The van der Waals surface area contributed by atoms with E-state index < -0.39 is 18.1 Å². The largest absolute Gasteiger partial charge is 0.494 e. The first-order valence-corrected chi connectivity index (χ1v) is 14.2. The molecule has 1 aliphatic carbocycles. The third-order valence-corrected chi connectivity index (χ3v) is 7.77. The molecule has 0 aliphatic heterocycles. The lowest BCUT2D eigenvalue weighted by molar-refractivity contribution is -0.139. The number of para-hydroxylation sites is 1. The third-order valence-electron chi connectivity index (χ3n) is 7.77. The maximum Gasteiger partial charge on any atom is 0.407 e. The Kier molecular flexibility index (Phi) is 7.64. The molecule has 0 radical (unpaired) electrons. The van der Waals surface area contributed by atoms with Crippen molar-refractivity contribution in [2.24, 2.45) is 0 Å². The third kappa shape index (κ3) is 5.33. The Morgan fingerprint density at radius 3 is 2.19 bits per heavy atom. The van der Waals surface area contributed by atoms with Crippen LogP contribution in [0.15, 0.2) is 97.1 Å². The van der Waals surface area contributed by atoms with Crippen LogP contribution in [0.5, 0.6) is 5.75 Å². The number of carboxylic acid groups (broad SMARTS) is 1. The van der Waals surface area contributed by atoms with E-state index >= 15 is 0 Å². The van der Waals surface area contributed by atoms with Crippen LogP contribution in [0.1, 0.15) is 36.0 Å². The number of carboxylic acids is 1. The number of amides is 1. The van der Waals surface area contributed by atoms with Crippen LogP contribution in [-0.4, -0.2) is 41.4 Å². The highest BCUT2D eigenvalue weighted by Gasteiger charge is 2.30. The maximum atomic E-state index is 13.0. The Morgan fingerprint density at radius 1 is 0.881 bits per heavy atom. The lowest BCUT2D eigenvalue weighted by atomic mass is 9.98. The van der Waals surface area contributed by atoms with Gasteiger partial charge in [0.25, 0.3) is 0 Å². The van der Waals surface area contributed by atoms with Crippen molar-refractivity contribution in [3.63, 3.8) is 0 Å². The maximum absolute atomic E-state index is 13.0. The standard InChI is InChI=1S/C35H32N2O5/c1-2-19-41-23-17-15-22(16-18-23)33-29(28-13-7-8-14-31(28)36-33)20-32(34(38)39)37-35(40)42-21-30-26-11-5-3-9-24(26)25-10-4-6-12-27(25)30/h3-18,30,32,36H,2,19-21H2,1H3,(H,37,40)(H,38,39). The quantitative estimate of drug-likeness (QED) is 0.168. The molecule has 0 fully saturated rings. The van der Waals surface area contributed by atoms with Crippen molar-refractivity contribution in [2.45, 2.75) is 31.7 Å². The summed E-state index contributed by atoms with van der Waals surface area (Å²) < 4.78 is 11.4. The molecule has 4 aromatic carbocycles. The summed E-state index contributed by atoms with van der Waals surface area (Å²) in [5.74, 6) is -0.474. The van der Waals surface area contributed by atoms with Crippen molar-refractivity contribution in [3.05, 3.63) is 114 Å². The van der Waals surface area contributed by atoms with Gasteiger partial charge >= 0.3 is 12.1 Å². The van der Waals surface area contributed by atoms with E-state index in [1.165, 1.54) is 0 Å². The zero-order valence-electron chi connectivity index (χ0n) is 23.3. The molecule has 0 saturated carbocycles. The molecule has 1 unspecified atom stereocenters. The SMILES string of the molecule is CCCOc1ccc(-c2[nH]c3ccccc3c2CC(NC(=O)OCC2c3ccccc3-c3ccccc32)C(=O)O)cc1. The molecule has 1 atom stereocenters. The second-order valence-electron chi connectivity index (χ2n) is 10.5. The molecule has 7 heteroatoms. The van der Waals surface area contributed by atoms with Crippen molar-refractivity contribution in [1.29, 1.82) is 0 Å². The van der Waals surface area contributed by atoms with Crippen LogP contribution in [0.4, 0.5) is 4.79 Å². The van der Waals surface area contributed by atoms with Gasteiger partial charge in [0, 0.05) is 28.9 Å². The molecule has 1 amide bonds. The number of nitrogens with one attached hydrogen (secondary N) is 2. The van der Waals surface area contributed by atoms with E-state index in [4.69, 9.17) is 9.47 Å². The van der Waals surface area contributed by atoms with Gasteiger partial charge in [0.2, 0.25) is 0 Å². The van der Waals surface area contributed by atoms with Gasteiger partial charge in [-0.3, -0.25) is 0 Å². The summed E-state index contributed by atoms with van der Waals surface area (Å²) in [6.07, 6.45) is 0.233. The summed E-state index contributed by atoms with van der Waals surface area (Å²) in [5.41, 5.74) is 7.84. The minimum Gasteiger partial charge on any atom is -0.494 e. The van der Waals surface area contributed by atoms with Crippen molar-refractivity contribution in [1.82, 2.24) is 10.3 Å². The van der Waals surface area contributed by atoms with Gasteiger partial charge < -0.3 is 24.9 Å². The molecule has 0 bridgehead atoms. The summed E-state index contributed by atoms with van der Waals surface area (Å²) in [6, 6.07) is 30.5. The highest BCUT2D eigenvalue weighted by molar-refractivity contribution is 5.92. The van der Waals surface area contributed by atoms with E-state index in [0.717, 1.165) is 62.1 Å². The van der Waals surface area contributed by atoms with E-state index in [-0.39, 0.29) is 18.9 Å². The molecule has 0 spiro atoms. The van der Waals surface area contributed by atoms with E-state index in [2.05, 4.69) is 29.4 Å². The lowest BCUT2D eigenvalue weighted by Gasteiger charge is -2.18. The average molecular weight is 561 g/mol. The van der Waals surface area contributed by atoms with Crippen LogP contribution in [0, 0.1) is 0 Å². The predicted octanol–water partition coefficient (Wildman–Crippen LogP) is 7.16. The number of hydrogen-bond acceptors (Lipinski definition) is 4. The second-order valence-corrected chi connectivity index (χ2v) is 10.5. The Hall–Kier alpha value is -5.04. The molecule has 212 valence electrons. The first-order chi connectivity index (χ1) is 20.5. The minimum absolute atomic E-state index is 0.0764. The van der Waals surface area contributed by atoms with Gasteiger partial charge in [-0.2, -0.15) is 0 Å². The van der Waals surface area contributed by atoms with Gasteiger partial charge in [0.1, 0.15) is 18.4 Å². The second kappa shape index (κ2) is 11.8. The van der Waals surface area contributed by atoms with Crippen molar-refractivity contribution >= 4 is 23.0 Å². The fraction of sp³-hybridized carbons (Fsp3) is 0.200. The average Bonchev–Trinajstić information content (AvgIpc) is 3.54. The highest BCUT2D eigenvalue weighted by Crippen LogP contribution is 2.44. The van der Waals surface area contributed by atoms with Crippen LogP contribution in [0.3, 0.4) is 0 Å². The number of aromatic amines is 1. The zero-order valence-corrected chi connectivity index (χ0v) is 23.3. The van der Waals surface area contributed by atoms with E-state index in [1.807, 2.05) is 84.9 Å². The Morgan fingerprint density at radius 2 is 1.52 bits per heavy atom. The van der Waals surface area contributed by atoms with Gasteiger partial charge in [0.05, 0.1) is 6.61 Å². The molecule has 7 nitrogen and oxygen atoms in total. The normalized spacial score (nSPS) is 12.9. The number of fused-ring (bicyclic) bond motifs is 4. The number of aliphatic carboxylic acids is 1. The van der Waals surface area contributed by atoms with Gasteiger partial charge in [-0.05, 0) is 70.1 Å². The topological polar surface area (TPSA) is 101 Å². The first kappa shape index (κ1) is 27.1. The van der Waals surface area contributed by atoms with Crippen LogP contribution >= 0.6 is 0 Å². The Bertz CT molecular complexity index is 1690. The van der Waals surface area contributed by atoms with Gasteiger partial charge in [0.15, 0.2) is 0 Å². The molecule has 3 N–H and O–H groups in total.